The van der Waals surface area contributed by atoms with Crippen LogP contribution in [-0.2, 0) is 26.3 Å². The fourth-order valence-corrected chi connectivity index (χ4v) is 5.75. The number of aromatic nitrogens is 1. The van der Waals surface area contributed by atoms with Gasteiger partial charge in [0.15, 0.2) is 9.84 Å². The SMILES string of the molecule is CS(=O)(=O)c1ccc(CCOc2ccc(S(=O)(=O)Nc3ccc(Cl)c4c(Cl)c[nH]c34)c(F)c2)cc1. The summed E-state index contributed by atoms with van der Waals surface area (Å²) in [5.74, 6) is -0.832. The largest absolute Gasteiger partial charge is 0.493 e. The zero-order valence-corrected chi connectivity index (χ0v) is 21.3. The van der Waals surface area contributed by atoms with Gasteiger partial charge in [0, 0.05) is 30.3 Å². The summed E-state index contributed by atoms with van der Waals surface area (Å²) in [6.07, 6.45) is 3.05. The van der Waals surface area contributed by atoms with Gasteiger partial charge in [-0.15, -0.1) is 0 Å². The molecule has 0 aliphatic heterocycles. The van der Waals surface area contributed by atoms with Crippen molar-refractivity contribution >= 4 is 59.7 Å². The van der Waals surface area contributed by atoms with Crippen molar-refractivity contribution in [2.24, 2.45) is 0 Å². The molecule has 0 bridgehead atoms. The van der Waals surface area contributed by atoms with E-state index in [2.05, 4.69) is 9.71 Å². The van der Waals surface area contributed by atoms with E-state index in [0.717, 1.165) is 24.0 Å². The number of hydrogen-bond donors (Lipinski definition) is 2. The van der Waals surface area contributed by atoms with E-state index in [9.17, 15) is 21.2 Å². The number of halogens is 3. The van der Waals surface area contributed by atoms with Gasteiger partial charge in [0.05, 0.1) is 32.8 Å². The summed E-state index contributed by atoms with van der Waals surface area (Å²) < 4.78 is 71.4. The zero-order chi connectivity index (χ0) is 25.4. The molecule has 0 radical (unpaired) electrons. The number of aromatic amines is 1. The number of rotatable bonds is 8. The summed E-state index contributed by atoms with van der Waals surface area (Å²) in [4.78, 5) is 2.52. The zero-order valence-electron chi connectivity index (χ0n) is 18.2. The second-order valence-electron chi connectivity index (χ2n) is 7.69. The van der Waals surface area contributed by atoms with E-state index in [1.54, 1.807) is 12.1 Å². The Morgan fingerprint density at radius 1 is 0.971 bits per heavy atom. The second-order valence-corrected chi connectivity index (χ2v) is 12.2. The van der Waals surface area contributed by atoms with E-state index >= 15 is 0 Å². The predicted octanol–water partition coefficient (Wildman–Crippen LogP) is 5.44. The minimum Gasteiger partial charge on any atom is -0.493 e. The molecule has 0 aliphatic carbocycles. The van der Waals surface area contributed by atoms with Gasteiger partial charge in [0.1, 0.15) is 16.5 Å². The van der Waals surface area contributed by atoms with Crippen LogP contribution in [0.25, 0.3) is 10.9 Å². The highest BCUT2D eigenvalue weighted by molar-refractivity contribution is 7.92. The van der Waals surface area contributed by atoms with Crippen LogP contribution in [0.15, 0.2) is 70.6 Å². The molecule has 4 rings (SSSR count). The molecule has 184 valence electrons. The Bertz CT molecular complexity index is 1620. The van der Waals surface area contributed by atoms with Crippen molar-refractivity contribution in [1.82, 2.24) is 4.98 Å². The lowest BCUT2D eigenvalue weighted by atomic mass is 10.2. The van der Waals surface area contributed by atoms with Crippen LogP contribution in [0.3, 0.4) is 0 Å². The van der Waals surface area contributed by atoms with Gasteiger partial charge in [-0.1, -0.05) is 35.3 Å². The van der Waals surface area contributed by atoms with E-state index in [0.29, 0.717) is 27.4 Å². The number of hydrogen-bond acceptors (Lipinski definition) is 5. The number of sulfone groups is 1. The summed E-state index contributed by atoms with van der Waals surface area (Å²) in [5.41, 5.74) is 1.37. The highest BCUT2D eigenvalue weighted by Crippen LogP contribution is 2.35. The van der Waals surface area contributed by atoms with E-state index < -0.39 is 30.6 Å². The maximum atomic E-state index is 14.7. The third-order valence-electron chi connectivity index (χ3n) is 5.18. The Balaban J connectivity index is 1.45. The van der Waals surface area contributed by atoms with E-state index in [1.165, 1.54) is 36.5 Å². The lowest BCUT2D eigenvalue weighted by Gasteiger charge is -2.12. The van der Waals surface area contributed by atoms with Crippen molar-refractivity contribution in [3.8, 4) is 5.75 Å². The Morgan fingerprint density at radius 2 is 1.69 bits per heavy atom. The fourth-order valence-electron chi connectivity index (χ4n) is 3.43. The summed E-state index contributed by atoms with van der Waals surface area (Å²) in [5, 5.41) is 1.11. The van der Waals surface area contributed by atoms with Crippen molar-refractivity contribution in [2.45, 2.75) is 16.2 Å². The van der Waals surface area contributed by atoms with Crippen LogP contribution in [0, 0.1) is 5.82 Å². The maximum Gasteiger partial charge on any atom is 0.264 e. The van der Waals surface area contributed by atoms with Crippen LogP contribution in [0.5, 0.6) is 5.75 Å². The van der Waals surface area contributed by atoms with E-state index in [4.69, 9.17) is 27.9 Å². The first kappa shape index (κ1) is 25.3. The Hall–Kier alpha value is -2.79. The van der Waals surface area contributed by atoms with E-state index in [1.807, 2.05) is 0 Å². The van der Waals surface area contributed by atoms with Crippen LogP contribution in [-0.4, -0.2) is 34.7 Å². The molecule has 0 saturated heterocycles. The van der Waals surface area contributed by atoms with E-state index in [-0.39, 0.29) is 22.9 Å². The molecule has 0 saturated carbocycles. The van der Waals surface area contributed by atoms with Crippen molar-refractivity contribution < 1.29 is 26.0 Å². The van der Waals surface area contributed by atoms with Crippen molar-refractivity contribution in [1.29, 1.82) is 0 Å². The molecule has 0 fully saturated rings. The minimum atomic E-state index is -4.27. The monoisotopic (exact) mass is 556 g/mol. The second kappa shape index (κ2) is 9.69. The Kier molecular flexibility index (Phi) is 7.01. The quantitative estimate of drug-likeness (QED) is 0.300. The highest BCUT2D eigenvalue weighted by atomic mass is 35.5. The molecular weight excluding hydrogens is 538 g/mol. The molecule has 12 heteroatoms. The molecule has 0 unspecified atom stereocenters. The molecule has 0 atom stereocenters. The molecule has 1 aromatic heterocycles. The van der Waals surface area contributed by atoms with Crippen LogP contribution in [0.4, 0.5) is 10.1 Å². The summed E-state index contributed by atoms with van der Waals surface area (Å²) >= 11 is 12.2. The van der Waals surface area contributed by atoms with Crippen LogP contribution in [0.2, 0.25) is 10.0 Å². The summed E-state index contributed by atoms with van der Waals surface area (Å²) in [6.45, 7) is 0.179. The van der Waals surface area contributed by atoms with Gasteiger partial charge in [-0.3, -0.25) is 4.72 Å². The number of anilines is 1. The van der Waals surface area contributed by atoms with Crippen LogP contribution >= 0.6 is 23.2 Å². The van der Waals surface area contributed by atoms with Crippen LogP contribution < -0.4 is 9.46 Å². The van der Waals surface area contributed by atoms with Crippen molar-refractivity contribution in [3.05, 3.63) is 82.2 Å². The number of ether oxygens (including phenoxy) is 1. The summed E-state index contributed by atoms with van der Waals surface area (Å²) in [7, 11) is -7.55. The predicted molar refractivity (Wildman–Crippen MR) is 134 cm³/mol. The highest BCUT2D eigenvalue weighted by Gasteiger charge is 2.22. The van der Waals surface area contributed by atoms with Crippen molar-refractivity contribution in [2.75, 3.05) is 17.6 Å². The molecule has 7 nitrogen and oxygen atoms in total. The Labute approximate surface area is 211 Å². The van der Waals surface area contributed by atoms with Gasteiger partial charge in [-0.05, 0) is 42.0 Å². The van der Waals surface area contributed by atoms with Gasteiger partial charge >= 0.3 is 0 Å². The molecule has 0 amide bonds. The number of sulfonamides is 1. The van der Waals surface area contributed by atoms with Gasteiger partial charge in [-0.2, -0.15) is 0 Å². The molecule has 0 spiro atoms. The average molecular weight is 557 g/mol. The molecule has 1 heterocycles. The average Bonchev–Trinajstić information content (AvgIpc) is 3.18. The van der Waals surface area contributed by atoms with Crippen LogP contribution in [0.1, 0.15) is 5.56 Å². The third-order valence-corrected chi connectivity index (χ3v) is 8.32. The maximum absolute atomic E-state index is 14.7. The number of benzene rings is 3. The first-order chi connectivity index (χ1) is 16.5. The topological polar surface area (TPSA) is 105 Å². The van der Waals surface area contributed by atoms with Gasteiger partial charge in [0.2, 0.25) is 0 Å². The van der Waals surface area contributed by atoms with Gasteiger partial charge < -0.3 is 9.72 Å². The molecular formula is C23H19Cl2FN2O5S2. The fraction of sp³-hybridized carbons (Fsp3) is 0.130. The molecule has 0 aliphatic rings. The number of H-pyrrole nitrogens is 1. The minimum absolute atomic E-state index is 0.152. The number of nitrogens with one attached hydrogen (secondary N) is 2. The molecule has 35 heavy (non-hydrogen) atoms. The normalized spacial score (nSPS) is 12.1. The summed E-state index contributed by atoms with van der Waals surface area (Å²) in [6, 6.07) is 12.8. The first-order valence-corrected chi connectivity index (χ1v) is 14.3. The molecule has 3 aromatic carbocycles. The van der Waals surface area contributed by atoms with Gasteiger partial charge in [0.25, 0.3) is 10.0 Å². The third kappa shape index (κ3) is 5.56. The standard InChI is InChI=1S/C23H19Cl2FN2O5S2/c1-34(29,30)16-5-2-14(3-6-16)10-11-33-15-4-9-21(19(26)12-15)35(31,32)28-20-8-7-17(24)22-18(25)13-27-23(20)22/h2-9,12-13,27-28H,10-11H2,1H3. The smallest absolute Gasteiger partial charge is 0.264 e. The lowest BCUT2D eigenvalue weighted by molar-refractivity contribution is 0.319. The van der Waals surface area contributed by atoms with Gasteiger partial charge in [-0.25, -0.2) is 21.2 Å². The lowest BCUT2D eigenvalue weighted by Crippen LogP contribution is -2.15. The molecule has 4 aromatic rings. The van der Waals surface area contributed by atoms with Crippen molar-refractivity contribution in [3.63, 3.8) is 0 Å². The first-order valence-electron chi connectivity index (χ1n) is 10.1. The molecule has 2 N–H and O–H groups in total. The Morgan fingerprint density at radius 3 is 2.34 bits per heavy atom. The number of fused-ring (bicyclic) bond motifs is 1.